The number of rotatable bonds is 12. The quantitative estimate of drug-likeness (QED) is 0.459. The van der Waals surface area contributed by atoms with Gasteiger partial charge < -0.3 is 20.0 Å². The van der Waals surface area contributed by atoms with Gasteiger partial charge in [0.15, 0.2) is 5.78 Å². The number of aliphatic carboxylic acids is 1. The molecule has 0 saturated heterocycles. The van der Waals surface area contributed by atoms with E-state index in [9.17, 15) is 14.7 Å². The minimum atomic E-state index is -1.06. The van der Waals surface area contributed by atoms with Crippen LogP contribution in [0.15, 0.2) is 24.3 Å². The van der Waals surface area contributed by atoms with Crippen LogP contribution in [0.5, 0.6) is 5.75 Å². The van der Waals surface area contributed by atoms with Gasteiger partial charge in [0.1, 0.15) is 11.8 Å². The summed E-state index contributed by atoms with van der Waals surface area (Å²) in [6, 6.07) is 6.52. The summed E-state index contributed by atoms with van der Waals surface area (Å²) in [4.78, 5) is 23.3. The lowest BCUT2D eigenvalue weighted by Crippen LogP contribution is -2.94. The second kappa shape index (κ2) is 10.8. The maximum absolute atomic E-state index is 12.2. The predicted molar refractivity (Wildman–Crippen MR) is 90.8 cm³/mol. The molecule has 0 aliphatic heterocycles. The smallest absolute Gasteiger partial charge is 0.168 e. The number of benzene rings is 1. The Morgan fingerprint density at radius 2 is 1.88 bits per heavy atom. The topological polar surface area (TPSA) is 83.0 Å². The van der Waals surface area contributed by atoms with E-state index >= 15 is 0 Å². The molecule has 0 saturated carbocycles. The monoisotopic (exact) mass is 335 g/mol. The lowest BCUT2D eigenvalue weighted by atomic mass is 9.99. The molecule has 0 amide bonds. The van der Waals surface area contributed by atoms with Crippen LogP contribution in [0, 0.1) is 5.92 Å². The fourth-order valence-corrected chi connectivity index (χ4v) is 2.42. The third-order valence-electron chi connectivity index (χ3n) is 4.26. The van der Waals surface area contributed by atoms with E-state index in [1.54, 1.807) is 29.6 Å². The van der Waals surface area contributed by atoms with Crippen molar-refractivity contribution in [3.63, 3.8) is 0 Å². The van der Waals surface area contributed by atoms with Gasteiger partial charge in [-0.3, -0.25) is 4.79 Å². The molecular formula is C19H29NO4. The number of Topliss-reactive ketones (excluding diaryl/α,β-unsaturated/α-hetero) is 1. The Hall–Kier alpha value is -1.88. The Kier molecular flexibility index (Phi) is 9.08. The Labute approximate surface area is 144 Å². The number of hydrogen-bond acceptors (Lipinski definition) is 4. The van der Waals surface area contributed by atoms with Gasteiger partial charge in [0, 0.05) is 11.5 Å². The first kappa shape index (κ1) is 20.2. The minimum absolute atomic E-state index is 0.00704. The SMILES string of the molecule is CCCCOc1ccc(C(=O)CC[NH2+][C@H](C(=O)[O-])[C@@H](C)CC)cc1. The molecule has 1 aromatic rings. The summed E-state index contributed by atoms with van der Waals surface area (Å²) in [5.74, 6) is -0.275. The molecule has 2 atom stereocenters. The zero-order chi connectivity index (χ0) is 17.9. The van der Waals surface area contributed by atoms with Crippen molar-refractivity contribution in [1.29, 1.82) is 0 Å². The van der Waals surface area contributed by atoms with E-state index in [1.165, 1.54) is 0 Å². The molecule has 0 heterocycles. The number of carbonyl (C=O) groups excluding carboxylic acids is 2. The van der Waals surface area contributed by atoms with Crippen LogP contribution in [0.25, 0.3) is 0 Å². The second-order valence-corrected chi connectivity index (χ2v) is 6.15. The number of carboxylic acids is 1. The largest absolute Gasteiger partial charge is 0.544 e. The van der Waals surface area contributed by atoms with E-state index in [0.29, 0.717) is 25.1 Å². The van der Waals surface area contributed by atoms with Crippen LogP contribution in [0.4, 0.5) is 0 Å². The van der Waals surface area contributed by atoms with Gasteiger partial charge in [-0.15, -0.1) is 0 Å². The van der Waals surface area contributed by atoms with Crippen molar-refractivity contribution < 1.29 is 24.7 Å². The van der Waals surface area contributed by atoms with E-state index in [4.69, 9.17) is 4.74 Å². The van der Waals surface area contributed by atoms with Crippen molar-refractivity contribution >= 4 is 11.8 Å². The third kappa shape index (κ3) is 6.71. The minimum Gasteiger partial charge on any atom is -0.544 e. The zero-order valence-corrected chi connectivity index (χ0v) is 14.9. The molecular weight excluding hydrogens is 306 g/mol. The van der Waals surface area contributed by atoms with E-state index < -0.39 is 12.0 Å². The van der Waals surface area contributed by atoms with Gasteiger partial charge in [0.25, 0.3) is 0 Å². The molecule has 0 bridgehead atoms. The van der Waals surface area contributed by atoms with E-state index in [1.807, 2.05) is 13.8 Å². The highest BCUT2D eigenvalue weighted by atomic mass is 16.5. The van der Waals surface area contributed by atoms with Crippen LogP contribution in [0.1, 0.15) is 56.8 Å². The zero-order valence-electron chi connectivity index (χ0n) is 14.9. The van der Waals surface area contributed by atoms with Crippen molar-refractivity contribution in [3.05, 3.63) is 29.8 Å². The van der Waals surface area contributed by atoms with Crippen molar-refractivity contribution in [2.24, 2.45) is 5.92 Å². The van der Waals surface area contributed by atoms with Gasteiger partial charge in [0.05, 0.1) is 25.5 Å². The molecule has 2 N–H and O–H groups in total. The lowest BCUT2D eigenvalue weighted by molar-refractivity contribution is -0.688. The van der Waals surface area contributed by atoms with Gasteiger partial charge >= 0.3 is 0 Å². The number of carboxylic acid groups (broad SMARTS) is 1. The molecule has 0 spiro atoms. The van der Waals surface area contributed by atoms with Crippen LogP contribution in [0.2, 0.25) is 0 Å². The Bertz CT molecular complexity index is 513. The number of unbranched alkanes of at least 4 members (excludes halogenated alkanes) is 1. The fraction of sp³-hybridized carbons (Fsp3) is 0.579. The van der Waals surface area contributed by atoms with Crippen LogP contribution < -0.4 is 15.2 Å². The number of ether oxygens (including phenoxy) is 1. The Morgan fingerprint density at radius 3 is 2.42 bits per heavy atom. The second-order valence-electron chi connectivity index (χ2n) is 6.15. The van der Waals surface area contributed by atoms with Crippen LogP contribution in [-0.4, -0.2) is 30.9 Å². The molecule has 0 aliphatic carbocycles. The summed E-state index contributed by atoms with van der Waals surface area (Å²) in [5.41, 5.74) is 0.625. The summed E-state index contributed by atoms with van der Waals surface area (Å²) in [7, 11) is 0. The summed E-state index contributed by atoms with van der Waals surface area (Å²) in [6.07, 6.45) is 3.15. The average Bonchev–Trinajstić information content (AvgIpc) is 2.58. The summed E-state index contributed by atoms with van der Waals surface area (Å²) >= 11 is 0. The summed E-state index contributed by atoms with van der Waals surface area (Å²) in [6.45, 7) is 7.06. The van der Waals surface area contributed by atoms with E-state index in [2.05, 4.69) is 6.92 Å². The van der Waals surface area contributed by atoms with Crippen LogP contribution in [0.3, 0.4) is 0 Å². The Morgan fingerprint density at radius 1 is 1.21 bits per heavy atom. The lowest BCUT2D eigenvalue weighted by Gasteiger charge is -2.21. The number of hydrogen-bond donors (Lipinski definition) is 1. The van der Waals surface area contributed by atoms with Crippen molar-refractivity contribution in [2.75, 3.05) is 13.2 Å². The molecule has 0 radical (unpaired) electrons. The van der Waals surface area contributed by atoms with Gasteiger partial charge in [-0.05, 0) is 37.1 Å². The summed E-state index contributed by atoms with van der Waals surface area (Å²) in [5, 5.41) is 12.8. The maximum Gasteiger partial charge on any atom is 0.168 e. The van der Waals surface area contributed by atoms with Gasteiger partial charge in [0.2, 0.25) is 0 Å². The first-order valence-corrected chi connectivity index (χ1v) is 8.79. The molecule has 0 aromatic heterocycles. The maximum atomic E-state index is 12.2. The first-order chi connectivity index (χ1) is 11.5. The standard InChI is InChI=1S/C19H29NO4/c1-4-6-13-24-16-9-7-15(8-10-16)17(21)11-12-20-18(19(22)23)14(3)5-2/h7-10,14,18,20H,4-6,11-13H2,1-3H3,(H,22,23)/t14-,18-/m0/s1. The number of nitrogens with two attached hydrogens (primary N) is 1. The average molecular weight is 335 g/mol. The van der Waals surface area contributed by atoms with Crippen molar-refractivity contribution in [3.8, 4) is 5.75 Å². The molecule has 24 heavy (non-hydrogen) atoms. The number of carbonyl (C=O) groups is 2. The molecule has 0 fully saturated rings. The van der Waals surface area contributed by atoms with Crippen LogP contribution in [-0.2, 0) is 4.79 Å². The molecule has 134 valence electrons. The normalized spacial score (nSPS) is 13.3. The third-order valence-corrected chi connectivity index (χ3v) is 4.26. The number of quaternary nitrogens is 1. The van der Waals surface area contributed by atoms with Crippen molar-refractivity contribution in [2.45, 2.75) is 52.5 Å². The molecule has 1 aromatic carbocycles. The van der Waals surface area contributed by atoms with Gasteiger partial charge in [-0.2, -0.15) is 0 Å². The van der Waals surface area contributed by atoms with Crippen molar-refractivity contribution in [1.82, 2.24) is 0 Å². The van der Waals surface area contributed by atoms with Gasteiger partial charge in [-0.25, -0.2) is 0 Å². The highest BCUT2D eigenvalue weighted by Crippen LogP contribution is 2.13. The predicted octanol–water partition coefficient (Wildman–Crippen LogP) is 1.17. The molecule has 0 aliphatic rings. The van der Waals surface area contributed by atoms with Crippen LogP contribution >= 0.6 is 0 Å². The Balaban J connectivity index is 2.45. The molecule has 5 heteroatoms. The number of ketones is 1. The molecule has 0 unspecified atom stereocenters. The fourth-order valence-electron chi connectivity index (χ4n) is 2.42. The molecule has 5 nitrogen and oxygen atoms in total. The van der Waals surface area contributed by atoms with E-state index in [-0.39, 0.29) is 11.7 Å². The van der Waals surface area contributed by atoms with E-state index in [0.717, 1.165) is 25.0 Å². The highest BCUT2D eigenvalue weighted by Gasteiger charge is 2.20. The summed E-state index contributed by atoms with van der Waals surface area (Å²) < 4.78 is 5.57. The molecule has 1 rings (SSSR count). The highest BCUT2D eigenvalue weighted by molar-refractivity contribution is 5.96. The first-order valence-electron chi connectivity index (χ1n) is 8.79. The van der Waals surface area contributed by atoms with Gasteiger partial charge in [-0.1, -0.05) is 27.2 Å².